The molecule has 1 aromatic carbocycles. The topological polar surface area (TPSA) is 35.8 Å². The summed E-state index contributed by atoms with van der Waals surface area (Å²) in [4.78, 5) is 0. The van der Waals surface area contributed by atoms with Crippen molar-refractivity contribution in [2.24, 2.45) is 0 Å². The zero-order valence-electron chi connectivity index (χ0n) is 6.75. The van der Waals surface area contributed by atoms with E-state index in [0.717, 1.165) is 18.5 Å². The normalized spacial score (nSPS) is 21.1. The van der Waals surface area contributed by atoms with Crippen LogP contribution in [-0.2, 0) is 6.42 Å². The van der Waals surface area contributed by atoms with E-state index >= 15 is 0 Å². The third kappa shape index (κ3) is 1.09. The van der Waals surface area contributed by atoms with E-state index in [0.29, 0.717) is 0 Å². The van der Waals surface area contributed by atoms with Crippen LogP contribution in [0.5, 0.6) is 0 Å². The van der Waals surface area contributed by atoms with Crippen molar-refractivity contribution in [1.82, 2.24) is 5.32 Å². The summed E-state index contributed by atoms with van der Waals surface area (Å²) < 4.78 is 0. The molecule has 1 heterocycles. The first kappa shape index (κ1) is 7.33. The van der Waals surface area contributed by atoms with Gasteiger partial charge in [-0.25, -0.2) is 0 Å². The minimum absolute atomic E-state index is 0.102. The minimum atomic E-state index is -0.102. The molecular weight excluding hydrogens is 148 g/mol. The Kier molecular flexibility index (Phi) is 1.81. The Labute approximate surface area is 71.8 Å². The van der Waals surface area contributed by atoms with Crippen LogP contribution in [0.15, 0.2) is 24.3 Å². The maximum Gasteiger partial charge on any atom is 0.121 e. The van der Waals surface area contributed by atoms with Gasteiger partial charge < -0.3 is 0 Å². The highest BCUT2D eigenvalue weighted by molar-refractivity contribution is 5.35. The van der Waals surface area contributed by atoms with Crippen LogP contribution in [0.2, 0.25) is 0 Å². The largest absolute Gasteiger partial charge is 0.298 e. The third-order valence-electron chi connectivity index (χ3n) is 2.24. The second kappa shape index (κ2) is 2.96. The van der Waals surface area contributed by atoms with Gasteiger partial charge in [-0.1, -0.05) is 24.3 Å². The lowest BCUT2D eigenvalue weighted by Gasteiger charge is -2.21. The van der Waals surface area contributed by atoms with Crippen molar-refractivity contribution < 1.29 is 0 Å². The summed E-state index contributed by atoms with van der Waals surface area (Å²) in [6.45, 7) is 0.912. The average Bonchev–Trinajstić information content (AvgIpc) is 2.17. The first-order chi connectivity index (χ1) is 5.92. The second-order valence-electron chi connectivity index (χ2n) is 2.97. The number of rotatable bonds is 0. The van der Waals surface area contributed by atoms with Crippen molar-refractivity contribution in [2.75, 3.05) is 6.54 Å². The lowest BCUT2D eigenvalue weighted by Crippen LogP contribution is -2.28. The van der Waals surface area contributed by atoms with Gasteiger partial charge >= 0.3 is 0 Å². The smallest absolute Gasteiger partial charge is 0.121 e. The molecule has 0 bridgehead atoms. The molecule has 12 heavy (non-hydrogen) atoms. The highest BCUT2D eigenvalue weighted by Crippen LogP contribution is 2.21. The average molecular weight is 158 g/mol. The van der Waals surface area contributed by atoms with E-state index in [2.05, 4.69) is 17.5 Å². The molecule has 2 heteroatoms. The molecule has 0 saturated heterocycles. The number of hydrogen-bond acceptors (Lipinski definition) is 2. The van der Waals surface area contributed by atoms with Gasteiger partial charge in [0.25, 0.3) is 0 Å². The Hall–Kier alpha value is -1.33. The van der Waals surface area contributed by atoms with Gasteiger partial charge in [0, 0.05) is 6.54 Å². The van der Waals surface area contributed by atoms with Crippen molar-refractivity contribution in [2.45, 2.75) is 12.5 Å². The highest BCUT2D eigenvalue weighted by atomic mass is 14.9. The maximum atomic E-state index is 8.83. The van der Waals surface area contributed by atoms with Gasteiger partial charge in [-0.15, -0.1) is 0 Å². The fraction of sp³-hybridized carbons (Fsp3) is 0.300. The molecule has 0 amide bonds. The summed E-state index contributed by atoms with van der Waals surface area (Å²) in [5.41, 5.74) is 2.45. The van der Waals surface area contributed by atoms with E-state index in [4.69, 9.17) is 5.26 Å². The Morgan fingerprint density at radius 3 is 3.08 bits per heavy atom. The molecule has 60 valence electrons. The van der Waals surface area contributed by atoms with Crippen molar-refractivity contribution in [3.05, 3.63) is 35.4 Å². The summed E-state index contributed by atoms with van der Waals surface area (Å²) in [5, 5.41) is 12.0. The molecule has 2 rings (SSSR count). The number of nitrogens with zero attached hydrogens (tertiary/aromatic N) is 1. The molecule has 1 N–H and O–H groups in total. The van der Waals surface area contributed by atoms with Gasteiger partial charge in [-0.2, -0.15) is 5.26 Å². The second-order valence-corrected chi connectivity index (χ2v) is 2.97. The van der Waals surface area contributed by atoms with Crippen molar-refractivity contribution in [1.29, 1.82) is 5.26 Å². The zero-order valence-corrected chi connectivity index (χ0v) is 6.75. The lowest BCUT2D eigenvalue weighted by molar-refractivity contribution is 0.590. The summed E-state index contributed by atoms with van der Waals surface area (Å²) in [7, 11) is 0. The number of nitriles is 1. The Balaban J connectivity index is 2.45. The molecule has 2 nitrogen and oxygen atoms in total. The predicted octanol–water partition coefficient (Wildman–Crippen LogP) is 1.40. The Morgan fingerprint density at radius 1 is 1.42 bits per heavy atom. The van der Waals surface area contributed by atoms with E-state index in [1.54, 1.807) is 0 Å². The molecule has 1 atom stereocenters. The van der Waals surface area contributed by atoms with Gasteiger partial charge in [0.2, 0.25) is 0 Å². The minimum Gasteiger partial charge on any atom is -0.298 e. The van der Waals surface area contributed by atoms with Gasteiger partial charge in [0.1, 0.15) is 6.04 Å². The summed E-state index contributed by atoms with van der Waals surface area (Å²) >= 11 is 0. The van der Waals surface area contributed by atoms with E-state index < -0.39 is 0 Å². The molecule has 0 spiro atoms. The first-order valence-corrected chi connectivity index (χ1v) is 4.12. The van der Waals surface area contributed by atoms with Crippen LogP contribution in [-0.4, -0.2) is 6.54 Å². The summed E-state index contributed by atoms with van der Waals surface area (Å²) in [5.74, 6) is 0. The summed E-state index contributed by atoms with van der Waals surface area (Å²) in [6, 6.07) is 10.3. The van der Waals surface area contributed by atoms with Gasteiger partial charge in [0.15, 0.2) is 0 Å². The Bertz CT molecular complexity index is 325. The van der Waals surface area contributed by atoms with Crippen LogP contribution < -0.4 is 5.32 Å². The quantitative estimate of drug-likeness (QED) is 0.619. The molecule has 0 radical (unpaired) electrons. The molecule has 0 aromatic heterocycles. The van der Waals surface area contributed by atoms with Crippen molar-refractivity contribution in [3.63, 3.8) is 0 Å². The fourth-order valence-corrected chi connectivity index (χ4v) is 1.62. The SMILES string of the molecule is N#C[C@H]1NCCc2ccccc21. The zero-order chi connectivity index (χ0) is 8.39. The molecule has 0 fully saturated rings. The van der Waals surface area contributed by atoms with E-state index in [1.807, 2.05) is 18.2 Å². The van der Waals surface area contributed by atoms with E-state index in [1.165, 1.54) is 5.56 Å². The molecule has 0 aliphatic carbocycles. The predicted molar refractivity (Wildman–Crippen MR) is 46.5 cm³/mol. The molecule has 0 saturated carbocycles. The summed E-state index contributed by atoms with van der Waals surface area (Å²) in [6.07, 6.45) is 1.04. The maximum absolute atomic E-state index is 8.83. The number of hydrogen-bond donors (Lipinski definition) is 1. The van der Waals surface area contributed by atoms with Gasteiger partial charge in [0.05, 0.1) is 6.07 Å². The number of fused-ring (bicyclic) bond motifs is 1. The molecular formula is C10H10N2. The van der Waals surface area contributed by atoms with Gasteiger partial charge in [-0.3, -0.25) is 5.32 Å². The molecule has 1 aliphatic rings. The van der Waals surface area contributed by atoms with Crippen LogP contribution >= 0.6 is 0 Å². The van der Waals surface area contributed by atoms with E-state index in [-0.39, 0.29) is 6.04 Å². The van der Waals surface area contributed by atoms with Crippen molar-refractivity contribution in [3.8, 4) is 6.07 Å². The molecule has 0 unspecified atom stereocenters. The standard InChI is InChI=1S/C10H10N2/c11-7-10-9-4-2-1-3-8(9)5-6-12-10/h1-4,10,12H,5-6H2/t10-/m1/s1. The van der Waals surface area contributed by atoms with Crippen LogP contribution in [0.1, 0.15) is 17.2 Å². The molecule has 1 aliphatic heterocycles. The fourth-order valence-electron chi connectivity index (χ4n) is 1.62. The van der Waals surface area contributed by atoms with Crippen molar-refractivity contribution >= 4 is 0 Å². The monoisotopic (exact) mass is 158 g/mol. The molecule has 1 aromatic rings. The van der Waals surface area contributed by atoms with E-state index in [9.17, 15) is 0 Å². The first-order valence-electron chi connectivity index (χ1n) is 4.12. The highest BCUT2D eigenvalue weighted by Gasteiger charge is 2.17. The lowest BCUT2D eigenvalue weighted by atomic mass is 9.95. The van der Waals surface area contributed by atoms with Crippen LogP contribution in [0.25, 0.3) is 0 Å². The third-order valence-corrected chi connectivity index (χ3v) is 2.24. The number of benzene rings is 1. The van der Waals surface area contributed by atoms with Crippen LogP contribution in [0, 0.1) is 11.3 Å². The van der Waals surface area contributed by atoms with Crippen LogP contribution in [0.4, 0.5) is 0 Å². The van der Waals surface area contributed by atoms with Gasteiger partial charge in [-0.05, 0) is 17.5 Å². The number of nitrogens with one attached hydrogen (secondary N) is 1. The Morgan fingerprint density at radius 2 is 2.25 bits per heavy atom. The van der Waals surface area contributed by atoms with Crippen LogP contribution in [0.3, 0.4) is 0 Å².